The van der Waals surface area contributed by atoms with Crippen LogP contribution in [0.1, 0.15) is 18.5 Å². The molecule has 122 valence electrons. The van der Waals surface area contributed by atoms with Gasteiger partial charge in [0.25, 0.3) is 0 Å². The molecule has 1 saturated heterocycles. The first-order valence-electron chi connectivity index (χ1n) is 7.45. The number of hydrogen-bond acceptors (Lipinski definition) is 5. The van der Waals surface area contributed by atoms with E-state index in [9.17, 15) is 4.79 Å². The molecule has 0 radical (unpaired) electrons. The lowest BCUT2D eigenvalue weighted by Gasteiger charge is -2.26. The maximum atomic E-state index is 12.2. The summed E-state index contributed by atoms with van der Waals surface area (Å²) >= 11 is 0. The van der Waals surface area contributed by atoms with Crippen LogP contribution in [-0.4, -0.2) is 57.9 Å². The zero-order chi connectivity index (χ0) is 15.9. The van der Waals surface area contributed by atoms with Crippen molar-refractivity contribution in [1.29, 1.82) is 0 Å². The molecule has 0 bridgehead atoms. The molecule has 1 aromatic carbocycles. The summed E-state index contributed by atoms with van der Waals surface area (Å²) in [6, 6.07) is 5.42. The van der Waals surface area contributed by atoms with E-state index >= 15 is 0 Å². The summed E-state index contributed by atoms with van der Waals surface area (Å²) in [5.41, 5.74) is 0.900. The fourth-order valence-corrected chi connectivity index (χ4v) is 2.51. The minimum Gasteiger partial charge on any atom is -0.497 e. The third-order valence-electron chi connectivity index (χ3n) is 3.75. The van der Waals surface area contributed by atoms with Crippen molar-refractivity contribution in [2.24, 2.45) is 0 Å². The normalized spacial score (nSPS) is 16.9. The van der Waals surface area contributed by atoms with Crippen LogP contribution in [0.3, 0.4) is 0 Å². The first kappa shape index (κ1) is 16.6. The van der Waals surface area contributed by atoms with Crippen molar-refractivity contribution in [3.05, 3.63) is 23.8 Å². The van der Waals surface area contributed by atoms with Crippen LogP contribution in [0.2, 0.25) is 0 Å². The van der Waals surface area contributed by atoms with Crippen LogP contribution in [0, 0.1) is 0 Å². The van der Waals surface area contributed by atoms with Gasteiger partial charge in [-0.25, -0.2) is 0 Å². The fraction of sp³-hybridized carbons (Fsp3) is 0.562. The first-order chi connectivity index (χ1) is 10.6. The number of carbonyl (C=O) groups is 1. The van der Waals surface area contributed by atoms with Crippen molar-refractivity contribution in [3.8, 4) is 11.5 Å². The van der Waals surface area contributed by atoms with Crippen LogP contribution in [0.5, 0.6) is 11.5 Å². The summed E-state index contributed by atoms with van der Waals surface area (Å²) in [5, 5.41) is 3.01. The minimum atomic E-state index is -0.154. The van der Waals surface area contributed by atoms with E-state index in [2.05, 4.69) is 10.2 Å². The smallest absolute Gasteiger partial charge is 0.234 e. The fourth-order valence-electron chi connectivity index (χ4n) is 2.51. The zero-order valence-corrected chi connectivity index (χ0v) is 13.4. The molecule has 1 aromatic rings. The van der Waals surface area contributed by atoms with Gasteiger partial charge < -0.3 is 19.5 Å². The van der Waals surface area contributed by atoms with Gasteiger partial charge in [-0.15, -0.1) is 0 Å². The Hall–Kier alpha value is -1.79. The van der Waals surface area contributed by atoms with Crippen molar-refractivity contribution in [2.75, 3.05) is 47.1 Å². The Morgan fingerprint density at radius 2 is 2.05 bits per heavy atom. The zero-order valence-electron chi connectivity index (χ0n) is 13.4. The van der Waals surface area contributed by atoms with E-state index < -0.39 is 0 Å². The molecule has 6 nitrogen and oxygen atoms in total. The second-order valence-corrected chi connectivity index (χ2v) is 5.29. The summed E-state index contributed by atoms with van der Waals surface area (Å²) in [4.78, 5) is 14.3. The Morgan fingerprint density at radius 3 is 2.68 bits per heavy atom. The largest absolute Gasteiger partial charge is 0.497 e. The molecule has 0 unspecified atom stereocenters. The summed E-state index contributed by atoms with van der Waals surface area (Å²) in [7, 11) is 3.24. The number of carbonyl (C=O) groups excluding carboxylic acids is 1. The van der Waals surface area contributed by atoms with Crippen molar-refractivity contribution in [1.82, 2.24) is 10.2 Å². The van der Waals surface area contributed by atoms with Gasteiger partial charge in [-0.2, -0.15) is 0 Å². The Morgan fingerprint density at radius 1 is 1.32 bits per heavy atom. The van der Waals surface area contributed by atoms with Gasteiger partial charge in [-0.1, -0.05) is 0 Å². The molecular formula is C16H24N2O4. The van der Waals surface area contributed by atoms with Gasteiger partial charge in [0.05, 0.1) is 40.0 Å². The van der Waals surface area contributed by atoms with E-state index in [0.29, 0.717) is 19.8 Å². The highest BCUT2D eigenvalue weighted by Gasteiger charge is 2.18. The molecule has 0 saturated carbocycles. The van der Waals surface area contributed by atoms with Crippen LogP contribution in [-0.2, 0) is 9.53 Å². The van der Waals surface area contributed by atoms with Gasteiger partial charge in [-0.3, -0.25) is 9.69 Å². The Labute approximate surface area is 131 Å². The molecule has 1 amide bonds. The predicted octanol–water partition coefficient (Wildman–Crippen LogP) is 1.21. The number of nitrogens with one attached hydrogen (secondary N) is 1. The van der Waals surface area contributed by atoms with Gasteiger partial charge in [0, 0.05) is 18.7 Å². The number of rotatable bonds is 6. The molecular weight excluding hydrogens is 284 g/mol. The molecule has 1 aliphatic rings. The highest BCUT2D eigenvalue weighted by Crippen LogP contribution is 2.29. The van der Waals surface area contributed by atoms with E-state index in [1.165, 1.54) is 0 Å². The van der Waals surface area contributed by atoms with Gasteiger partial charge in [-0.05, 0) is 25.1 Å². The topological polar surface area (TPSA) is 60.0 Å². The summed E-state index contributed by atoms with van der Waals surface area (Å²) in [6.45, 7) is 5.29. The molecule has 2 rings (SSSR count). The molecule has 0 spiro atoms. The molecule has 1 aliphatic heterocycles. The number of benzene rings is 1. The monoisotopic (exact) mass is 308 g/mol. The first-order valence-corrected chi connectivity index (χ1v) is 7.45. The highest BCUT2D eigenvalue weighted by molar-refractivity contribution is 5.78. The second kappa shape index (κ2) is 8.00. The maximum absolute atomic E-state index is 12.2. The predicted molar refractivity (Wildman–Crippen MR) is 83.4 cm³/mol. The molecule has 22 heavy (non-hydrogen) atoms. The SMILES string of the molecule is COc1ccc(OC)c([C@H](C)NC(=O)CN2CCOCC2)c1. The van der Waals surface area contributed by atoms with Gasteiger partial charge in [0.2, 0.25) is 5.91 Å². The van der Waals surface area contributed by atoms with Crippen LogP contribution >= 0.6 is 0 Å². The van der Waals surface area contributed by atoms with Gasteiger partial charge in [0.1, 0.15) is 11.5 Å². The Kier molecular flexibility index (Phi) is 6.03. The summed E-state index contributed by atoms with van der Waals surface area (Å²) in [6.07, 6.45) is 0. The van der Waals surface area contributed by atoms with Crippen LogP contribution in [0.25, 0.3) is 0 Å². The van der Waals surface area contributed by atoms with E-state index in [0.717, 1.165) is 30.2 Å². The number of ether oxygens (including phenoxy) is 3. The van der Waals surface area contributed by atoms with E-state index in [1.54, 1.807) is 14.2 Å². The Balaban J connectivity index is 1.98. The molecule has 0 aromatic heterocycles. The molecule has 1 atom stereocenters. The highest BCUT2D eigenvalue weighted by atomic mass is 16.5. The van der Waals surface area contributed by atoms with Crippen LogP contribution in [0.15, 0.2) is 18.2 Å². The third kappa shape index (κ3) is 4.35. The maximum Gasteiger partial charge on any atom is 0.234 e. The molecule has 1 N–H and O–H groups in total. The Bertz CT molecular complexity index is 501. The summed E-state index contributed by atoms with van der Waals surface area (Å²) < 4.78 is 15.9. The molecule has 1 heterocycles. The van der Waals surface area contributed by atoms with Gasteiger partial charge in [0.15, 0.2) is 0 Å². The van der Waals surface area contributed by atoms with E-state index in [-0.39, 0.29) is 11.9 Å². The average molecular weight is 308 g/mol. The number of nitrogens with zero attached hydrogens (tertiary/aromatic N) is 1. The van der Waals surface area contributed by atoms with Crippen LogP contribution < -0.4 is 14.8 Å². The van der Waals surface area contributed by atoms with Crippen molar-refractivity contribution >= 4 is 5.91 Å². The van der Waals surface area contributed by atoms with E-state index in [1.807, 2.05) is 25.1 Å². The number of morpholine rings is 1. The van der Waals surface area contributed by atoms with Crippen molar-refractivity contribution < 1.29 is 19.0 Å². The molecule has 0 aliphatic carbocycles. The second-order valence-electron chi connectivity index (χ2n) is 5.29. The average Bonchev–Trinajstić information content (AvgIpc) is 2.54. The third-order valence-corrected chi connectivity index (χ3v) is 3.75. The lowest BCUT2D eigenvalue weighted by molar-refractivity contribution is -0.123. The number of amides is 1. The van der Waals surface area contributed by atoms with Crippen LogP contribution in [0.4, 0.5) is 0 Å². The quantitative estimate of drug-likeness (QED) is 0.856. The standard InChI is InChI=1S/C16H24N2O4/c1-12(14-10-13(20-2)4-5-15(14)21-3)17-16(19)11-18-6-8-22-9-7-18/h4-5,10,12H,6-9,11H2,1-3H3,(H,17,19)/t12-/m0/s1. The van der Waals surface area contributed by atoms with Crippen molar-refractivity contribution in [3.63, 3.8) is 0 Å². The summed E-state index contributed by atoms with van der Waals surface area (Å²) in [5.74, 6) is 1.48. The molecule has 6 heteroatoms. The lowest BCUT2D eigenvalue weighted by atomic mass is 10.1. The lowest BCUT2D eigenvalue weighted by Crippen LogP contribution is -2.43. The minimum absolute atomic E-state index is 0.000673. The molecule has 1 fully saturated rings. The van der Waals surface area contributed by atoms with Gasteiger partial charge >= 0.3 is 0 Å². The number of methoxy groups -OCH3 is 2. The van der Waals surface area contributed by atoms with Crippen molar-refractivity contribution in [2.45, 2.75) is 13.0 Å². The van der Waals surface area contributed by atoms with E-state index in [4.69, 9.17) is 14.2 Å². The number of hydrogen-bond donors (Lipinski definition) is 1.